The molecule has 0 spiro atoms. The molecule has 8 nitrogen and oxygen atoms in total. The lowest BCUT2D eigenvalue weighted by Crippen LogP contribution is -2.55. The van der Waals surface area contributed by atoms with E-state index in [1.165, 1.54) is 7.11 Å². The molecule has 3 rings (SSSR count). The van der Waals surface area contributed by atoms with Crippen LogP contribution in [0.15, 0.2) is 24.3 Å². The first-order valence-electron chi connectivity index (χ1n) is 13.0. The summed E-state index contributed by atoms with van der Waals surface area (Å²) in [6, 6.07) is 6.79. The Bertz CT molecular complexity index is 1070. The predicted molar refractivity (Wildman–Crippen MR) is 140 cm³/mol. The summed E-state index contributed by atoms with van der Waals surface area (Å²) in [7, 11) is 1.37. The van der Waals surface area contributed by atoms with Crippen LogP contribution in [-0.2, 0) is 19.0 Å². The number of nitrogens with zero attached hydrogens (tertiary/aromatic N) is 1. The van der Waals surface area contributed by atoms with Gasteiger partial charge in [-0.1, -0.05) is 31.9 Å². The van der Waals surface area contributed by atoms with E-state index in [0.717, 1.165) is 24.0 Å². The van der Waals surface area contributed by atoms with E-state index in [4.69, 9.17) is 14.2 Å². The minimum atomic E-state index is -1.10. The highest BCUT2D eigenvalue weighted by Gasteiger charge is 2.54. The lowest BCUT2D eigenvalue weighted by Gasteiger charge is -2.43. The van der Waals surface area contributed by atoms with E-state index in [1.807, 2.05) is 45.0 Å². The van der Waals surface area contributed by atoms with Crippen molar-refractivity contribution in [2.75, 3.05) is 13.7 Å². The van der Waals surface area contributed by atoms with E-state index in [1.54, 1.807) is 25.7 Å². The fourth-order valence-electron chi connectivity index (χ4n) is 5.24. The Morgan fingerprint density at radius 3 is 2.54 bits per heavy atom. The number of likely N-dealkylation sites (tertiary alicyclic amines) is 1. The van der Waals surface area contributed by atoms with Crippen molar-refractivity contribution in [1.29, 1.82) is 0 Å². The van der Waals surface area contributed by atoms with Crippen LogP contribution in [0.25, 0.3) is 0 Å². The molecule has 1 saturated heterocycles. The number of fused-ring (bicyclic) bond motifs is 1. The molecule has 2 aliphatic rings. The lowest BCUT2D eigenvalue weighted by atomic mass is 9.72. The number of carbonyl (C=O) groups is 3. The number of aryl methyl sites for hydroxylation is 1. The van der Waals surface area contributed by atoms with E-state index in [9.17, 15) is 14.4 Å². The molecule has 2 fully saturated rings. The lowest BCUT2D eigenvalue weighted by molar-refractivity contribution is -0.166. The van der Waals surface area contributed by atoms with Gasteiger partial charge < -0.3 is 24.4 Å². The highest BCUT2D eigenvalue weighted by molar-refractivity contribution is 5.82. The topological polar surface area (TPSA) is 94.2 Å². The molecule has 0 bridgehead atoms. The Hall–Kier alpha value is -3.21. The first kappa shape index (κ1) is 28.4. The van der Waals surface area contributed by atoms with Gasteiger partial charge in [0.1, 0.15) is 11.6 Å². The zero-order chi connectivity index (χ0) is 27.4. The highest BCUT2D eigenvalue weighted by atomic mass is 16.6. The number of amides is 2. The SMILES string of the molecule is COC(=O)N1CC[C@@H]2[C@H]1CCC[C@]2(C#Cc1cccc(C)c1)OC(=O)[C@@H](NC(=O)OC(C)(C)C)C(C)C. The minimum absolute atomic E-state index is 0.142. The van der Waals surface area contributed by atoms with Crippen molar-refractivity contribution in [3.8, 4) is 11.8 Å². The van der Waals surface area contributed by atoms with Crippen LogP contribution < -0.4 is 5.32 Å². The van der Waals surface area contributed by atoms with Gasteiger partial charge in [0.15, 0.2) is 5.60 Å². The van der Waals surface area contributed by atoms with Crippen LogP contribution in [-0.4, -0.2) is 60.0 Å². The van der Waals surface area contributed by atoms with Gasteiger partial charge in [0.05, 0.1) is 7.11 Å². The Balaban J connectivity index is 1.95. The van der Waals surface area contributed by atoms with Gasteiger partial charge in [-0.3, -0.25) is 0 Å². The van der Waals surface area contributed by atoms with Crippen molar-refractivity contribution in [1.82, 2.24) is 10.2 Å². The molecule has 8 heteroatoms. The molecule has 1 saturated carbocycles. The number of ether oxygens (including phenoxy) is 3. The number of benzene rings is 1. The van der Waals surface area contributed by atoms with Crippen LogP contribution in [0.2, 0.25) is 0 Å². The van der Waals surface area contributed by atoms with Crippen molar-refractivity contribution in [2.45, 2.75) is 90.5 Å². The fourth-order valence-corrected chi connectivity index (χ4v) is 5.24. The van der Waals surface area contributed by atoms with Gasteiger partial charge in [0, 0.05) is 24.1 Å². The van der Waals surface area contributed by atoms with Crippen molar-refractivity contribution < 1.29 is 28.6 Å². The van der Waals surface area contributed by atoms with Crippen molar-refractivity contribution in [2.24, 2.45) is 11.8 Å². The summed E-state index contributed by atoms with van der Waals surface area (Å²) in [4.78, 5) is 40.3. The van der Waals surface area contributed by atoms with Gasteiger partial charge in [0.2, 0.25) is 0 Å². The Labute approximate surface area is 220 Å². The van der Waals surface area contributed by atoms with Crippen molar-refractivity contribution in [3.63, 3.8) is 0 Å². The molecule has 0 radical (unpaired) electrons. The van der Waals surface area contributed by atoms with Gasteiger partial charge in [-0.2, -0.15) is 0 Å². The van der Waals surface area contributed by atoms with Gasteiger partial charge in [-0.15, -0.1) is 0 Å². The summed E-state index contributed by atoms with van der Waals surface area (Å²) >= 11 is 0. The zero-order valence-corrected chi connectivity index (χ0v) is 23.1. The maximum absolute atomic E-state index is 13.6. The molecule has 1 heterocycles. The van der Waals surface area contributed by atoms with Crippen LogP contribution in [0.3, 0.4) is 0 Å². The Morgan fingerprint density at radius 2 is 1.92 bits per heavy atom. The third-order valence-corrected chi connectivity index (χ3v) is 6.91. The van der Waals surface area contributed by atoms with Gasteiger partial charge in [-0.25, -0.2) is 14.4 Å². The highest BCUT2D eigenvalue weighted by Crippen LogP contribution is 2.45. The van der Waals surface area contributed by atoms with Gasteiger partial charge in [-0.05, 0) is 82.9 Å². The zero-order valence-electron chi connectivity index (χ0n) is 23.1. The molecule has 2 amide bonds. The molecule has 1 aliphatic heterocycles. The van der Waals surface area contributed by atoms with E-state index < -0.39 is 29.3 Å². The normalized spacial score (nSPS) is 23.8. The second kappa shape index (κ2) is 11.5. The number of methoxy groups -OCH3 is 1. The number of hydrogen-bond donors (Lipinski definition) is 1. The summed E-state index contributed by atoms with van der Waals surface area (Å²) in [5.41, 5.74) is 0.106. The third-order valence-electron chi connectivity index (χ3n) is 6.91. The first-order valence-corrected chi connectivity index (χ1v) is 13.0. The monoisotopic (exact) mass is 512 g/mol. The molecule has 4 atom stereocenters. The van der Waals surface area contributed by atoms with E-state index in [2.05, 4.69) is 17.2 Å². The number of hydrogen-bond acceptors (Lipinski definition) is 6. The smallest absolute Gasteiger partial charge is 0.409 e. The summed E-state index contributed by atoms with van der Waals surface area (Å²) in [5.74, 6) is 5.60. The summed E-state index contributed by atoms with van der Waals surface area (Å²) in [6.45, 7) is 11.5. The van der Waals surface area contributed by atoms with Crippen molar-refractivity contribution in [3.05, 3.63) is 35.4 Å². The molecule has 202 valence electrons. The summed E-state index contributed by atoms with van der Waals surface area (Å²) in [5, 5.41) is 2.69. The molecule has 1 N–H and O–H groups in total. The number of alkyl carbamates (subject to hydrolysis) is 1. The van der Waals surface area contributed by atoms with Gasteiger partial charge >= 0.3 is 18.2 Å². The number of nitrogens with one attached hydrogen (secondary N) is 1. The minimum Gasteiger partial charge on any atom is -0.453 e. The molecule has 1 aromatic carbocycles. The number of esters is 1. The van der Waals surface area contributed by atoms with Gasteiger partial charge in [0.25, 0.3) is 0 Å². The summed E-state index contributed by atoms with van der Waals surface area (Å²) in [6.07, 6.45) is 1.65. The Morgan fingerprint density at radius 1 is 1.19 bits per heavy atom. The molecule has 1 aliphatic carbocycles. The van der Waals surface area contributed by atoms with E-state index in [-0.39, 0.29) is 24.0 Å². The van der Waals surface area contributed by atoms with E-state index in [0.29, 0.717) is 19.4 Å². The second-order valence-electron chi connectivity index (χ2n) is 11.3. The fraction of sp³-hybridized carbons (Fsp3) is 0.621. The Kier molecular flexibility index (Phi) is 8.78. The molecule has 0 aromatic heterocycles. The molecular weight excluding hydrogens is 472 g/mol. The second-order valence-corrected chi connectivity index (χ2v) is 11.3. The van der Waals surface area contributed by atoms with Crippen LogP contribution in [0.4, 0.5) is 9.59 Å². The van der Waals surface area contributed by atoms with E-state index >= 15 is 0 Å². The average molecular weight is 513 g/mol. The standard InChI is InChI=1S/C29H40N2O6/c1-19(2)24(30-26(33)37-28(4,5)6)25(32)36-29(16-13-21-11-8-10-20(3)18-21)15-9-12-23-22(29)14-17-31(23)27(34)35-7/h8,10-11,18-19,22-24H,9,12,14-15,17H2,1-7H3,(H,30,33)/t22-,23-,24+,29-/m1/s1. The van der Waals surface area contributed by atoms with Crippen LogP contribution in [0, 0.1) is 30.6 Å². The van der Waals surface area contributed by atoms with Crippen LogP contribution in [0.5, 0.6) is 0 Å². The maximum atomic E-state index is 13.6. The number of rotatable bonds is 4. The molecule has 1 aromatic rings. The van der Waals surface area contributed by atoms with Crippen LogP contribution in [0.1, 0.15) is 71.4 Å². The maximum Gasteiger partial charge on any atom is 0.409 e. The third kappa shape index (κ3) is 6.97. The average Bonchev–Trinajstić information content (AvgIpc) is 3.25. The quantitative estimate of drug-likeness (QED) is 0.353. The molecule has 0 unspecified atom stereocenters. The first-order chi connectivity index (χ1) is 17.3. The van der Waals surface area contributed by atoms with Crippen molar-refractivity contribution >= 4 is 18.2 Å². The molecule has 37 heavy (non-hydrogen) atoms. The molecular formula is C29H40N2O6. The largest absolute Gasteiger partial charge is 0.453 e. The summed E-state index contributed by atoms with van der Waals surface area (Å²) < 4.78 is 16.7. The van der Waals surface area contributed by atoms with Crippen LogP contribution >= 0.6 is 0 Å². The number of carbonyl (C=O) groups excluding carboxylic acids is 3. The predicted octanol–water partition coefficient (Wildman–Crippen LogP) is 4.82.